The predicted molar refractivity (Wildman–Crippen MR) is 62.3 cm³/mol. The minimum Gasteiger partial charge on any atom is -0.325 e. The van der Waals surface area contributed by atoms with Crippen LogP contribution in [0.1, 0.15) is 26.0 Å². The SMILES string of the molecule is CC(C)CCSc1ccc(CN)nc1. The summed E-state index contributed by atoms with van der Waals surface area (Å²) in [7, 11) is 0. The van der Waals surface area contributed by atoms with Crippen molar-refractivity contribution in [2.45, 2.75) is 31.7 Å². The van der Waals surface area contributed by atoms with Crippen LogP contribution in [0.25, 0.3) is 0 Å². The van der Waals surface area contributed by atoms with Gasteiger partial charge in [-0.3, -0.25) is 4.98 Å². The van der Waals surface area contributed by atoms with E-state index < -0.39 is 0 Å². The van der Waals surface area contributed by atoms with Gasteiger partial charge in [0, 0.05) is 17.6 Å². The molecule has 1 rings (SSSR count). The van der Waals surface area contributed by atoms with Gasteiger partial charge in [-0.15, -0.1) is 11.8 Å². The quantitative estimate of drug-likeness (QED) is 0.759. The molecule has 0 radical (unpaired) electrons. The Morgan fingerprint density at radius 2 is 2.21 bits per heavy atom. The highest BCUT2D eigenvalue weighted by atomic mass is 32.2. The molecule has 1 heterocycles. The third kappa shape index (κ3) is 4.11. The minimum atomic E-state index is 0.525. The lowest BCUT2D eigenvalue weighted by molar-refractivity contribution is 0.632. The molecule has 0 aliphatic carbocycles. The first kappa shape index (κ1) is 11.5. The highest BCUT2D eigenvalue weighted by Crippen LogP contribution is 2.19. The molecule has 0 aliphatic heterocycles. The zero-order valence-corrected chi connectivity index (χ0v) is 9.68. The zero-order valence-electron chi connectivity index (χ0n) is 8.86. The minimum absolute atomic E-state index is 0.525. The van der Waals surface area contributed by atoms with Crippen molar-refractivity contribution in [3.05, 3.63) is 24.0 Å². The number of hydrogen-bond acceptors (Lipinski definition) is 3. The van der Waals surface area contributed by atoms with Gasteiger partial charge in [-0.1, -0.05) is 13.8 Å². The Kier molecular flexibility index (Phi) is 4.98. The van der Waals surface area contributed by atoms with Crippen LogP contribution in [0.2, 0.25) is 0 Å². The molecule has 0 aromatic carbocycles. The second kappa shape index (κ2) is 6.04. The lowest BCUT2D eigenvalue weighted by Gasteiger charge is -2.04. The Bertz CT molecular complexity index is 256. The molecule has 0 fully saturated rings. The summed E-state index contributed by atoms with van der Waals surface area (Å²) in [6, 6.07) is 4.10. The van der Waals surface area contributed by atoms with Crippen LogP contribution in [0.15, 0.2) is 23.2 Å². The van der Waals surface area contributed by atoms with E-state index in [9.17, 15) is 0 Å². The second-order valence-corrected chi connectivity index (χ2v) is 4.89. The van der Waals surface area contributed by atoms with E-state index in [1.165, 1.54) is 17.1 Å². The van der Waals surface area contributed by atoms with Crippen molar-refractivity contribution in [3.8, 4) is 0 Å². The summed E-state index contributed by atoms with van der Waals surface area (Å²) in [5.41, 5.74) is 6.43. The van der Waals surface area contributed by atoms with Crippen LogP contribution in [0, 0.1) is 5.92 Å². The molecule has 78 valence electrons. The Morgan fingerprint density at radius 1 is 1.43 bits per heavy atom. The van der Waals surface area contributed by atoms with Crippen molar-refractivity contribution in [1.29, 1.82) is 0 Å². The van der Waals surface area contributed by atoms with Gasteiger partial charge in [0.1, 0.15) is 0 Å². The summed E-state index contributed by atoms with van der Waals surface area (Å²) in [6.45, 7) is 5.02. The molecule has 1 aromatic rings. The van der Waals surface area contributed by atoms with Gasteiger partial charge in [0.2, 0.25) is 0 Å². The van der Waals surface area contributed by atoms with Crippen molar-refractivity contribution in [1.82, 2.24) is 4.98 Å². The highest BCUT2D eigenvalue weighted by molar-refractivity contribution is 7.99. The predicted octanol–water partition coefficient (Wildman–Crippen LogP) is 2.68. The van der Waals surface area contributed by atoms with Crippen LogP contribution in [-0.4, -0.2) is 10.7 Å². The van der Waals surface area contributed by atoms with Crippen LogP contribution < -0.4 is 5.73 Å². The molecule has 14 heavy (non-hydrogen) atoms. The largest absolute Gasteiger partial charge is 0.325 e. The van der Waals surface area contributed by atoms with E-state index in [2.05, 4.69) is 24.9 Å². The molecule has 0 unspecified atom stereocenters. The zero-order chi connectivity index (χ0) is 10.4. The smallest absolute Gasteiger partial charge is 0.0540 e. The van der Waals surface area contributed by atoms with E-state index in [0.717, 1.165) is 11.6 Å². The van der Waals surface area contributed by atoms with Gasteiger partial charge in [-0.05, 0) is 30.2 Å². The molecule has 0 amide bonds. The molecule has 0 bridgehead atoms. The normalized spacial score (nSPS) is 10.9. The number of rotatable bonds is 5. The van der Waals surface area contributed by atoms with Gasteiger partial charge < -0.3 is 5.73 Å². The number of nitrogens with two attached hydrogens (primary N) is 1. The number of hydrogen-bond donors (Lipinski definition) is 1. The van der Waals surface area contributed by atoms with Gasteiger partial charge in [0.05, 0.1) is 5.69 Å². The molecule has 1 aromatic heterocycles. The third-order valence-electron chi connectivity index (χ3n) is 1.97. The molecular weight excluding hydrogens is 192 g/mol. The maximum atomic E-state index is 5.47. The standard InChI is InChI=1S/C11H18N2S/c1-9(2)5-6-14-11-4-3-10(7-12)13-8-11/h3-4,8-9H,5-7,12H2,1-2H3. The fourth-order valence-electron chi connectivity index (χ4n) is 1.03. The first-order valence-corrected chi connectivity index (χ1v) is 5.98. The Labute approximate surface area is 90.3 Å². The number of pyridine rings is 1. The van der Waals surface area contributed by atoms with Crippen LogP contribution in [-0.2, 0) is 6.54 Å². The summed E-state index contributed by atoms with van der Waals surface area (Å²) in [5.74, 6) is 1.94. The third-order valence-corrected chi connectivity index (χ3v) is 2.99. The van der Waals surface area contributed by atoms with E-state index >= 15 is 0 Å². The molecule has 2 N–H and O–H groups in total. The average molecular weight is 210 g/mol. The van der Waals surface area contributed by atoms with Crippen LogP contribution >= 0.6 is 11.8 Å². The molecule has 2 nitrogen and oxygen atoms in total. The Morgan fingerprint density at radius 3 is 2.71 bits per heavy atom. The maximum Gasteiger partial charge on any atom is 0.0540 e. The van der Waals surface area contributed by atoms with Crippen LogP contribution in [0.3, 0.4) is 0 Å². The molecule has 3 heteroatoms. The van der Waals surface area contributed by atoms with Crippen LogP contribution in [0.5, 0.6) is 0 Å². The van der Waals surface area contributed by atoms with Gasteiger partial charge in [0.15, 0.2) is 0 Å². The van der Waals surface area contributed by atoms with Gasteiger partial charge in [0.25, 0.3) is 0 Å². The number of aromatic nitrogens is 1. The Balaban J connectivity index is 2.36. The monoisotopic (exact) mass is 210 g/mol. The first-order chi connectivity index (χ1) is 6.72. The second-order valence-electron chi connectivity index (χ2n) is 3.72. The highest BCUT2D eigenvalue weighted by Gasteiger charge is 1.97. The summed E-state index contributed by atoms with van der Waals surface area (Å²) in [6.07, 6.45) is 3.16. The molecule has 0 spiro atoms. The number of nitrogens with zero attached hydrogens (tertiary/aromatic N) is 1. The Hall–Kier alpha value is -0.540. The summed E-state index contributed by atoms with van der Waals surface area (Å²) < 4.78 is 0. The van der Waals surface area contributed by atoms with Gasteiger partial charge in [-0.2, -0.15) is 0 Å². The summed E-state index contributed by atoms with van der Waals surface area (Å²) >= 11 is 1.86. The fourth-order valence-corrected chi connectivity index (χ4v) is 2.15. The van der Waals surface area contributed by atoms with Crippen molar-refractivity contribution < 1.29 is 0 Å². The van der Waals surface area contributed by atoms with E-state index in [1.54, 1.807) is 0 Å². The summed E-state index contributed by atoms with van der Waals surface area (Å²) in [5, 5.41) is 0. The van der Waals surface area contributed by atoms with Crippen LogP contribution in [0.4, 0.5) is 0 Å². The number of thioether (sulfide) groups is 1. The molecule has 0 aliphatic rings. The lowest BCUT2D eigenvalue weighted by atomic mass is 10.2. The topological polar surface area (TPSA) is 38.9 Å². The molecule has 0 saturated heterocycles. The van der Waals surface area contributed by atoms with E-state index in [-0.39, 0.29) is 0 Å². The molecule has 0 saturated carbocycles. The van der Waals surface area contributed by atoms with Gasteiger partial charge in [-0.25, -0.2) is 0 Å². The van der Waals surface area contributed by atoms with Gasteiger partial charge >= 0.3 is 0 Å². The van der Waals surface area contributed by atoms with Crippen molar-refractivity contribution in [2.24, 2.45) is 11.7 Å². The van der Waals surface area contributed by atoms with Crippen molar-refractivity contribution >= 4 is 11.8 Å². The lowest BCUT2D eigenvalue weighted by Crippen LogP contribution is -1.98. The van der Waals surface area contributed by atoms with E-state index in [4.69, 9.17) is 5.73 Å². The maximum absolute atomic E-state index is 5.47. The average Bonchev–Trinajstić information content (AvgIpc) is 2.18. The van der Waals surface area contributed by atoms with Crippen molar-refractivity contribution in [3.63, 3.8) is 0 Å². The molecular formula is C11H18N2S. The van der Waals surface area contributed by atoms with Crippen molar-refractivity contribution in [2.75, 3.05) is 5.75 Å². The molecule has 0 atom stereocenters. The summed E-state index contributed by atoms with van der Waals surface area (Å²) in [4.78, 5) is 5.49. The van der Waals surface area contributed by atoms with E-state index in [1.807, 2.05) is 24.0 Å². The van der Waals surface area contributed by atoms with E-state index in [0.29, 0.717) is 6.54 Å². The first-order valence-electron chi connectivity index (χ1n) is 5.00. The fraction of sp³-hybridized carbons (Fsp3) is 0.545.